The Labute approximate surface area is 207 Å². The van der Waals surface area contributed by atoms with E-state index in [9.17, 15) is 14.4 Å². The van der Waals surface area contributed by atoms with E-state index in [-0.39, 0.29) is 18.2 Å². The normalized spacial score (nSPS) is 12.9. The van der Waals surface area contributed by atoms with Crippen molar-refractivity contribution >= 4 is 34.8 Å². The summed E-state index contributed by atoms with van der Waals surface area (Å²) in [5.74, 6) is -0.0243. The summed E-state index contributed by atoms with van der Waals surface area (Å²) < 4.78 is 16.5. The Bertz CT molecular complexity index is 1170. The third kappa shape index (κ3) is 6.60. The number of fused-ring (bicyclic) bond motifs is 1. The Morgan fingerprint density at radius 3 is 2.54 bits per heavy atom. The minimum atomic E-state index is -0.572. The summed E-state index contributed by atoms with van der Waals surface area (Å²) >= 11 is 1.53. The van der Waals surface area contributed by atoms with E-state index in [2.05, 4.69) is 5.32 Å². The van der Waals surface area contributed by atoms with Crippen LogP contribution in [0.1, 0.15) is 28.6 Å². The fraction of sp³-hybridized carbons (Fsp3) is 0.269. The Kier molecular flexibility index (Phi) is 7.99. The Balaban J connectivity index is 1.36. The maximum atomic E-state index is 13.1. The monoisotopic (exact) mass is 494 g/mol. The summed E-state index contributed by atoms with van der Waals surface area (Å²) in [6.07, 6.45) is -0.0548. The lowest BCUT2D eigenvalue weighted by Gasteiger charge is -2.25. The van der Waals surface area contributed by atoms with Crippen molar-refractivity contribution in [3.05, 3.63) is 76.5 Å². The van der Waals surface area contributed by atoms with Crippen LogP contribution in [0.3, 0.4) is 0 Å². The van der Waals surface area contributed by atoms with Gasteiger partial charge in [-0.2, -0.15) is 0 Å². The minimum absolute atomic E-state index is 0.0548. The van der Waals surface area contributed by atoms with Gasteiger partial charge < -0.3 is 24.4 Å². The molecule has 0 radical (unpaired) electrons. The van der Waals surface area contributed by atoms with E-state index < -0.39 is 18.6 Å². The largest absolute Gasteiger partial charge is 0.486 e. The van der Waals surface area contributed by atoms with Gasteiger partial charge in [-0.3, -0.25) is 14.4 Å². The summed E-state index contributed by atoms with van der Waals surface area (Å²) in [6, 6.07) is 17.4. The molecule has 35 heavy (non-hydrogen) atoms. The van der Waals surface area contributed by atoms with E-state index in [0.717, 1.165) is 4.88 Å². The zero-order valence-corrected chi connectivity index (χ0v) is 20.1. The first-order valence-corrected chi connectivity index (χ1v) is 12.1. The van der Waals surface area contributed by atoms with Gasteiger partial charge in [0.2, 0.25) is 0 Å². The molecular formula is C26H26N2O6S. The number of ether oxygens (including phenoxy) is 3. The molecule has 182 valence electrons. The van der Waals surface area contributed by atoms with Crippen molar-refractivity contribution in [1.82, 2.24) is 5.32 Å². The van der Waals surface area contributed by atoms with Crippen LogP contribution in [-0.2, 0) is 20.9 Å². The molecule has 3 aromatic rings. The molecule has 0 aliphatic carbocycles. The highest BCUT2D eigenvalue weighted by atomic mass is 32.1. The molecule has 8 nitrogen and oxygen atoms in total. The van der Waals surface area contributed by atoms with E-state index in [1.165, 1.54) is 11.3 Å². The quantitative estimate of drug-likeness (QED) is 0.455. The first-order chi connectivity index (χ1) is 17.0. The molecule has 1 unspecified atom stereocenters. The second kappa shape index (κ2) is 11.5. The van der Waals surface area contributed by atoms with Gasteiger partial charge in [0.15, 0.2) is 18.1 Å². The van der Waals surface area contributed by atoms with E-state index in [0.29, 0.717) is 42.5 Å². The molecule has 0 saturated carbocycles. The number of rotatable bonds is 9. The minimum Gasteiger partial charge on any atom is -0.486 e. The number of anilines is 1. The predicted octanol–water partition coefficient (Wildman–Crippen LogP) is 3.80. The average Bonchev–Trinajstić information content (AvgIpc) is 3.39. The lowest BCUT2D eigenvalue weighted by Crippen LogP contribution is -2.36. The molecule has 2 aromatic carbocycles. The zero-order chi connectivity index (χ0) is 24.6. The van der Waals surface area contributed by atoms with E-state index in [1.807, 2.05) is 23.6 Å². The van der Waals surface area contributed by atoms with Crippen LogP contribution >= 0.6 is 11.3 Å². The molecule has 0 fully saturated rings. The number of hydrogen-bond acceptors (Lipinski definition) is 7. The Morgan fingerprint density at radius 2 is 1.80 bits per heavy atom. The molecule has 1 atom stereocenters. The molecule has 0 saturated heterocycles. The molecule has 2 heterocycles. The highest BCUT2D eigenvalue weighted by Gasteiger charge is 2.22. The zero-order valence-electron chi connectivity index (χ0n) is 19.3. The Morgan fingerprint density at radius 1 is 1.03 bits per heavy atom. The van der Waals surface area contributed by atoms with Gasteiger partial charge in [0.25, 0.3) is 11.8 Å². The van der Waals surface area contributed by atoms with Gasteiger partial charge in [-0.25, -0.2) is 0 Å². The SMILES string of the molecule is CC(CC(=O)OCC(=O)N(Cc1cccs1)c1ccc2c(c1)OCCO2)NC(=O)c1ccccc1. The van der Waals surface area contributed by atoms with E-state index in [1.54, 1.807) is 54.3 Å². The third-order valence-corrected chi connectivity index (χ3v) is 6.14. The number of carbonyl (C=O) groups excluding carboxylic acids is 3. The van der Waals surface area contributed by atoms with Crippen molar-refractivity contribution < 1.29 is 28.6 Å². The maximum Gasteiger partial charge on any atom is 0.308 e. The number of esters is 1. The van der Waals surface area contributed by atoms with E-state index >= 15 is 0 Å². The Hall–Kier alpha value is -3.85. The summed E-state index contributed by atoms with van der Waals surface area (Å²) in [7, 11) is 0. The third-order valence-electron chi connectivity index (χ3n) is 5.28. The number of nitrogens with one attached hydrogen (secondary N) is 1. The van der Waals surface area contributed by atoms with Crippen molar-refractivity contribution in [3.63, 3.8) is 0 Å². The average molecular weight is 495 g/mol. The van der Waals surface area contributed by atoms with Crippen LogP contribution < -0.4 is 19.7 Å². The first kappa shape index (κ1) is 24.3. The van der Waals surface area contributed by atoms with Crippen LogP contribution in [0, 0.1) is 0 Å². The lowest BCUT2D eigenvalue weighted by molar-refractivity contribution is -0.148. The first-order valence-electron chi connectivity index (χ1n) is 11.2. The second-order valence-corrected chi connectivity index (χ2v) is 9.02. The number of thiophene rings is 1. The number of benzene rings is 2. The van der Waals surface area contributed by atoms with Crippen LogP contribution in [0.2, 0.25) is 0 Å². The number of amides is 2. The standard InChI is InChI=1S/C26H26N2O6S/c1-18(27-26(31)19-6-3-2-4-7-19)14-25(30)34-17-24(29)28(16-21-8-5-13-35-21)20-9-10-22-23(15-20)33-12-11-32-22/h2-10,13,15,18H,11-12,14,16-17H2,1H3,(H,27,31). The fourth-order valence-corrected chi connectivity index (χ4v) is 4.25. The molecule has 2 amide bonds. The van der Waals surface area contributed by atoms with Gasteiger partial charge in [-0.15, -0.1) is 11.3 Å². The summed E-state index contributed by atoms with van der Waals surface area (Å²) in [5.41, 5.74) is 1.12. The summed E-state index contributed by atoms with van der Waals surface area (Å²) in [4.78, 5) is 40.3. The van der Waals surface area contributed by atoms with Gasteiger partial charge in [-0.05, 0) is 42.6 Å². The molecule has 9 heteroatoms. The molecule has 0 spiro atoms. The molecule has 4 rings (SSSR count). The van der Waals surface area contributed by atoms with Crippen molar-refractivity contribution in [2.45, 2.75) is 25.9 Å². The molecule has 0 bridgehead atoms. The molecule has 1 aliphatic rings. The summed E-state index contributed by atoms with van der Waals surface area (Å²) in [6.45, 7) is 2.54. The molecular weight excluding hydrogens is 468 g/mol. The fourth-order valence-electron chi connectivity index (χ4n) is 3.56. The van der Waals surface area contributed by atoms with Crippen molar-refractivity contribution in [2.75, 3.05) is 24.7 Å². The number of nitrogens with zero attached hydrogens (tertiary/aromatic N) is 1. The molecule has 1 N–H and O–H groups in total. The number of hydrogen-bond donors (Lipinski definition) is 1. The maximum absolute atomic E-state index is 13.1. The van der Waals surface area contributed by atoms with Gasteiger partial charge in [0.1, 0.15) is 13.2 Å². The summed E-state index contributed by atoms with van der Waals surface area (Å²) in [5, 5.41) is 4.70. The van der Waals surface area contributed by atoms with Crippen LogP contribution in [0.25, 0.3) is 0 Å². The highest BCUT2D eigenvalue weighted by molar-refractivity contribution is 7.09. The van der Waals surface area contributed by atoms with Gasteiger partial charge in [0.05, 0.1) is 13.0 Å². The van der Waals surface area contributed by atoms with Gasteiger partial charge in [0, 0.05) is 28.2 Å². The smallest absolute Gasteiger partial charge is 0.308 e. The second-order valence-electron chi connectivity index (χ2n) is 7.99. The van der Waals surface area contributed by atoms with Crippen molar-refractivity contribution in [3.8, 4) is 11.5 Å². The molecule has 1 aromatic heterocycles. The van der Waals surface area contributed by atoms with Crippen molar-refractivity contribution in [1.29, 1.82) is 0 Å². The topological polar surface area (TPSA) is 94.2 Å². The number of carbonyl (C=O) groups is 3. The molecule has 1 aliphatic heterocycles. The van der Waals surface area contributed by atoms with Crippen LogP contribution in [0.5, 0.6) is 11.5 Å². The van der Waals surface area contributed by atoms with Crippen molar-refractivity contribution in [2.24, 2.45) is 0 Å². The van der Waals surface area contributed by atoms with Gasteiger partial charge >= 0.3 is 5.97 Å². The van der Waals surface area contributed by atoms with Crippen LogP contribution in [0.4, 0.5) is 5.69 Å². The lowest BCUT2D eigenvalue weighted by atomic mass is 10.2. The van der Waals surface area contributed by atoms with Gasteiger partial charge in [-0.1, -0.05) is 24.3 Å². The van der Waals surface area contributed by atoms with E-state index in [4.69, 9.17) is 14.2 Å². The highest BCUT2D eigenvalue weighted by Crippen LogP contribution is 2.34. The predicted molar refractivity (Wildman–Crippen MR) is 132 cm³/mol. The van der Waals surface area contributed by atoms with Crippen LogP contribution in [0.15, 0.2) is 66.0 Å². The van der Waals surface area contributed by atoms with Crippen LogP contribution in [-0.4, -0.2) is 43.6 Å².